The van der Waals surface area contributed by atoms with E-state index in [1.54, 1.807) is 6.07 Å². The van der Waals surface area contributed by atoms with Gasteiger partial charge in [-0.2, -0.15) is 4.98 Å². The first-order valence-electron chi connectivity index (χ1n) is 6.54. The standard InChI is InChI=1S/C15H16N4O2/c1-11-9-13(5-4-12(11)3-2-7-16)15(20)17-8-6-14-18-10-19-21-14/h4-5,9-10H,6-8,16H2,1H3,(H,17,20). The summed E-state index contributed by atoms with van der Waals surface area (Å²) in [6.45, 7) is 2.67. The van der Waals surface area contributed by atoms with Gasteiger partial charge in [-0.05, 0) is 30.7 Å². The van der Waals surface area contributed by atoms with Crippen LogP contribution >= 0.6 is 0 Å². The molecule has 108 valence electrons. The van der Waals surface area contributed by atoms with Gasteiger partial charge in [0, 0.05) is 24.1 Å². The quantitative estimate of drug-likeness (QED) is 0.804. The summed E-state index contributed by atoms with van der Waals surface area (Å²) < 4.78 is 4.86. The van der Waals surface area contributed by atoms with Gasteiger partial charge in [-0.1, -0.05) is 17.0 Å². The van der Waals surface area contributed by atoms with E-state index < -0.39 is 0 Å². The van der Waals surface area contributed by atoms with Gasteiger partial charge in [0.2, 0.25) is 5.89 Å². The predicted molar refractivity (Wildman–Crippen MR) is 77.4 cm³/mol. The fourth-order valence-electron chi connectivity index (χ4n) is 1.78. The minimum atomic E-state index is -0.143. The zero-order valence-corrected chi connectivity index (χ0v) is 11.7. The molecule has 3 N–H and O–H groups in total. The lowest BCUT2D eigenvalue weighted by molar-refractivity contribution is 0.0953. The zero-order chi connectivity index (χ0) is 15.1. The van der Waals surface area contributed by atoms with Crippen LogP contribution in [-0.4, -0.2) is 29.1 Å². The Hall–Kier alpha value is -2.65. The van der Waals surface area contributed by atoms with Gasteiger partial charge in [0.05, 0.1) is 6.54 Å². The second-order valence-corrected chi connectivity index (χ2v) is 4.38. The molecule has 6 heteroatoms. The van der Waals surface area contributed by atoms with Crippen molar-refractivity contribution in [2.75, 3.05) is 13.1 Å². The summed E-state index contributed by atoms with van der Waals surface area (Å²) >= 11 is 0. The van der Waals surface area contributed by atoms with Gasteiger partial charge in [-0.25, -0.2) is 0 Å². The minimum Gasteiger partial charge on any atom is -0.352 e. The highest BCUT2D eigenvalue weighted by atomic mass is 16.5. The van der Waals surface area contributed by atoms with Crippen molar-refractivity contribution in [1.29, 1.82) is 0 Å². The van der Waals surface area contributed by atoms with Gasteiger partial charge in [0.15, 0.2) is 6.33 Å². The molecule has 1 amide bonds. The molecule has 0 aliphatic rings. The number of amides is 1. The molecule has 0 bridgehead atoms. The molecule has 0 unspecified atom stereocenters. The molecule has 0 aliphatic carbocycles. The predicted octanol–water partition coefficient (Wildman–Crippen LogP) is 0.661. The van der Waals surface area contributed by atoms with Crippen molar-refractivity contribution in [3.8, 4) is 11.8 Å². The number of nitrogens with zero attached hydrogens (tertiary/aromatic N) is 2. The Kier molecular flexibility index (Phi) is 5.07. The van der Waals surface area contributed by atoms with E-state index in [1.807, 2.05) is 19.1 Å². The molecule has 0 saturated carbocycles. The Morgan fingerprint density at radius 3 is 3.00 bits per heavy atom. The van der Waals surface area contributed by atoms with Crippen molar-refractivity contribution in [3.63, 3.8) is 0 Å². The van der Waals surface area contributed by atoms with E-state index in [9.17, 15) is 4.79 Å². The largest absolute Gasteiger partial charge is 0.352 e. The summed E-state index contributed by atoms with van der Waals surface area (Å²) in [5.74, 6) is 6.12. The maximum atomic E-state index is 12.0. The highest BCUT2D eigenvalue weighted by molar-refractivity contribution is 5.94. The van der Waals surface area contributed by atoms with Crippen LogP contribution in [0.3, 0.4) is 0 Å². The number of carbonyl (C=O) groups excluding carboxylic acids is 1. The van der Waals surface area contributed by atoms with Gasteiger partial charge in [-0.15, -0.1) is 0 Å². The summed E-state index contributed by atoms with van der Waals surface area (Å²) in [6, 6.07) is 5.38. The van der Waals surface area contributed by atoms with E-state index in [0.29, 0.717) is 31.0 Å². The molecule has 1 aromatic carbocycles. The molecule has 2 aromatic rings. The molecule has 1 aromatic heterocycles. The lowest BCUT2D eigenvalue weighted by Gasteiger charge is -2.05. The third-order valence-corrected chi connectivity index (χ3v) is 2.85. The maximum Gasteiger partial charge on any atom is 0.251 e. The Balaban J connectivity index is 1.94. The van der Waals surface area contributed by atoms with Crippen molar-refractivity contribution in [1.82, 2.24) is 15.5 Å². The van der Waals surface area contributed by atoms with Crippen LogP contribution in [0, 0.1) is 18.8 Å². The summed E-state index contributed by atoms with van der Waals surface area (Å²) in [5, 5.41) is 6.31. The van der Waals surface area contributed by atoms with Crippen LogP contribution in [-0.2, 0) is 6.42 Å². The zero-order valence-electron chi connectivity index (χ0n) is 11.7. The molecular weight excluding hydrogens is 268 g/mol. The highest BCUT2D eigenvalue weighted by Crippen LogP contribution is 2.10. The third kappa shape index (κ3) is 4.16. The number of aromatic nitrogens is 2. The number of nitrogens with one attached hydrogen (secondary N) is 1. The number of carbonyl (C=O) groups is 1. The number of hydrogen-bond acceptors (Lipinski definition) is 5. The van der Waals surface area contributed by atoms with Crippen LogP contribution in [0.5, 0.6) is 0 Å². The van der Waals surface area contributed by atoms with Crippen LogP contribution in [0.25, 0.3) is 0 Å². The smallest absolute Gasteiger partial charge is 0.251 e. The lowest BCUT2D eigenvalue weighted by Crippen LogP contribution is -2.25. The van der Waals surface area contributed by atoms with Crippen molar-refractivity contribution >= 4 is 5.91 Å². The van der Waals surface area contributed by atoms with Crippen molar-refractivity contribution in [2.24, 2.45) is 5.73 Å². The molecule has 21 heavy (non-hydrogen) atoms. The number of hydrogen-bond donors (Lipinski definition) is 2. The van der Waals surface area contributed by atoms with Gasteiger partial charge >= 0.3 is 0 Å². The van der Waals surface area contributed by atoms with E-state index in [4.69, 9.17) is 10.3 Å². The number of aryl methyl sites for hydroxylation is 1. The van der Waals surface area contributed by atoms with Crippen LogP contribution in [0.4, 0.5) is 0 Å². The average molecular weight is 284 g/mol. The maximum absolute atomic E-state index is 12.0. The second kappa shape index (κ2) is 7.22. The van der Waals surface area contributed by atoms with Crippen molar-refractivity contribution in [3.05, 3.63) is 47.1 Å². The lowest BCUT2D eigenvalue weighted by atomic mass is 10.0. The van der Waals surface area contributed by atoms with E-state index >= 15 is 0 Å². The van der Waals surface area contributed by atoms with Crippen LogP contribution in [0.2, 0.25) is 0 Å². The van der Waals surface area contributed by atoms with Crippen LogP contribution in [0.15, 0.2) is 29.0 Å². The van der Waals surface area contributed by atoms with E-state index in [1.165, 1.54) is 6.33 Å². The third-order valence-electron chi connectivity index (χ3n) is 2.85. The van der Waals surface area contributed by atoms with E-state index in [0.717, 1.165) is 11.1 Å². The van der Waals surface area contributed by atoms with Gasteiger partial charge in [0.25, 0.3) is 5.91 Å². The first kappa shape index (κ1) is 14.8. The first-order valence-corrected chi connectivity index (χ1v) is 6.54. The molecule has 0 fully saturated rings. The first-order chi connectivity index (χ1) is 10.2. The number of benzene rings is 1. The van der Waals surface area contributed by atoms with E-state index in [-0.39, 0.29) is 5.91 Å². The molecule has 0 spiro atoms. The molecule has 1 heterocycles. The molecule has 0 radical (unpaired) electrons. The SMILES string of the molecule is Cc1cc(C(=O)NCCc2ncno2)ccc1C#CCN. The monoisotopic (exact) mass is 284 g/mol. The van der Waals surface area contributed by atoms with Crippen molar-refractivity contribution in [2.45, 2.75) is 13.3 Å². The molecule has 0 saturated heterocycles. The summed E-state index contributed by atoms with van der Waals surface area (Å²) in [6.07, 6.45) is 1.84. The van der Waals surface area contributed by atoms with Gasteiger partial charge in [0.1, 0.15) is 0 Å². The Morgan fingerprint density at radius 1 is 1.48 bits per heavy atom. The summed E-state index contributed by atoms with van der Waals surface area (Å²) in [7, 11) is 0. The number of nitrogens with two attached hydrogens (primary N) is 1. The topological polar surface area (TPSA) is 94.0 Å². The Bertz CT molecular complexity index is 669. The van der Waals surface area contributed by atoms with Crippen molar-refractivity contribution < 1.29 is 9.32 Å². The molecule has 6 nitrogen and oxygen atoms in total. The normalized spacial score (nSPS) is 9.81. The summed E-state index contributed by atoms with van der Waals surface area (Å²) in [4.78, 5) is 15.9. The van der Waals surface area contributed by atoms with E-state index in [2.05, 4.69) is 27.3 Å². The highest BCUT2D eigenvalue weighted by Gasteiger charge is 2.07. The molecular formula is C15H16N4O2. The van der Waals surface area contributed by atoms with Crippen LogP contribution < -0.4 is 11.1 Å². The van der Waals surface area contributed by atoms with Gasteiger partial charge in [-0.3, -0.25) is 4.79 Å². The Labute approximate surface area is 122 Å². The second-order valence-electron chi connectivity index (χ2n) is 4.38. The summed E-state index contributed by atoms with van der Waals surface area (Å²) in [5.41, 5.74) is 7.76. The molecule has 0 aliphatic heterocycles. The molecule has 2 rings (SSSR count). The Morgan fingerprint density at radius 2 is 2.33 bits per heavy atom. The minimum absolute atomic E-state index is 0.143. The molecule has 0 atom stereocenters. The van der Waals surface area contributed by atoms with Crippen LogP contribution in [0.1, 0.15) is 27.4 Å². The average Bonchev–Trinajstić information content (AvgIpc) is 2.99. The fourth-order valence-corrected chi connectivity index (χ4v) is 1.78. The van der Waals surface area contributed by atoms with Gasteiger partial charge < -0.3 is 15.6 Å². The number of rotatable bonds is 4. The fraction of sp³-hybridized carbons (Fsp3) is 0.267.